The third-order valence-electron chi connectivity index (χ3n) is 3.25. The maximum Gasteiger partial charge on any atom is 0.344 e. The average Bonchev–Trinajstić information content (AvgIpc) is 3.13. The maximum absolute atomic E-state index is 12.0. The van der Waals surface area contributed by atoms with Gasteiger partial charge in [-0.15, -0.1) is 0 Å². The molecule has 0 saturated carbocycles. The molecule has 3 aromatic rings. The lowest BCUT2D eigenvalue weighted by Crippen LogP contribution is -2.07. The van der Waals surface area contributed by atoms with E-state index < -0.39 is 5.97 Å². The molecule has 3 rings (SSSR count). The van der Waals surface area contributed by atoms with E-state index in [2.05, 4.69) is 10.1 Å². The van der Waals surface area contributed by atoms with Crippen LogP contribution in [0.2, 0.25) is 5.02 Å². The molecule has 118 valence electrons. The van der Waals surface area contributed by atoms with Crippen LogP contribution in [0.25, 0.3) is 11.3 Å². The topological polar surface area (TPSA) is 78.4 Å². The minimum Gasteiger partial charge on any atom is -0.452 e. The summed E-state index contributed by atoms with van der Waals surface area (Å²) in [4.78, 5) is 16.1. The minimum absolute atomic E-state index is 0.0729. The number of nitrogens with zero attached hydrogens (tertiary/aromatic N) is 2. The van der Waals surface area contributed by atoms with Crippen LogP contribution < -0.4 is 0 Å². The molecule has 0 atom stereocenters. The molecule has 0 amide bonds. The summed E-state index contributed by atoms with van der Waals surface area (Å²) < 4.78 is 15.7. The molecule has 1 aromatic carbocycles. The number of benzene rings is 1. The molecule has 6 nitrogen and oxygen atoms in total. The third kappa shape index (κ3) is 3.27. The van der Waals surface area contributed by atoms with Gasteiger partial charge in [0.15, 0.2) is 12.4 Å². The van der Waals surface area contributed by atoms with Crippen molar-refractivity contribution in [3.05, 3.63) is 58.4 Å². The molecule has 0 aliphatic heterocycles. The van der Waals surface area contributed by atoms with E-state index in [1.165, 1.54) is 0 Å². The van der Waals surface area contributed by atoms with Gasteiger partial charge in [-0.2, -0.15) is 0 Å². The Morgan fingerprint density at radius 2 is 2.00 bits per heavy atom. The summed E-state index contributed by atoms with van der Waals surface area (Å²) in [6.45, 7) is 3.26. The molecule has 0 saturated heterocycles. The smallest absolute Gasteiger partial charge is 0.344 e. The van der Waals surface area contributed by atoms with Crippen molar-refractivity contribution in [3.63, 3.8) is 0 Å². The van der Waals surface area contributed by atoms with E-state index in [-0.39, 0.29) is 6.61 Å². The summed E-state index contributed by atoms with van der Waals surface area (Å²) in [5, 5.41) is 4.36. The lowest BCUT2D eigenvalue weighted by Gasteiger charge is -2.01. The second-order valence-electron chi connectivity index (χ2n) is 4.90. The zero-order valence-electron chi connectivity index (χ0n) is 12.5. The molecule has 2 aromatic heterocycles. The Labute approximate surface area is 137 Å². The van der Waals surface area contributed by atoms with Gasteiger partial charge in [-0.1, -0.05) is 16.8 Å². The van der Waals surface area contributed by atoms with Gasteiger partial charge >= 0.3 is 5.97 Å². The number of ether oxygens (including phenoxy) is 1. The second kappa shape index (κ2) is 6.26. The number of carbonyl (C=O) groups excluding carboxylic acids is 1. The fourth-order valence-electron chi connectivity index (χ4n) is 2.10. The normalized spacial score (nSPS) is 10.7. The maximum atomic E-state index is 12.0. The highest BCUT2D eigenvalue weighted by atomic mass is 35.5. The molecule has 0 N–H and O–H groups in total. The molecule has 0 aliphatic rings. The number of hydrogen-bond acceptors (Lipinski definition) is 6. The average molecular weight is 333 g/mol. The van der Waals surface area contributed by atoms with Crippen LogP contribution in [0.5, 0.6) is 0 Å². The van der Waals surface area contributed by atoms with E-state index in [1.54, 1.807) is 32.2 Å². The lowest BCUT2D eigenvalue weighted by atomic mass is 10.2. The number of oxazole rings is 1. The van der Waals surface area contributed by atoms with Crippen LogP contribution in [-0.2, 0) is 11.3 Å². The minimum atomic E-state index is -0.521. The van der Waals surface area contributed by atoms with Gasteiger partial charge in [0, 0.05) is 10.6 Å². The predicted molar refractivity (Wildman–Crippen MR) is 82.0 cm³/mol. The number of aryl methyl sites for hydroxylation is 2. The monoisotopic (exact) mass is 332 g/mol. The van der Waals surface area contributed by atoms with Gasteiger partial charge in [-0.05, 0) is 38.1 Å². The summed E-state index contributed by atoms with van der Waals surface area (Å²) in [5.74, 6) is 0.773. The highest BCUT2D eigenvalue weighted by Gasteiger charge is 2.19. The van der Waals surface area contributed by atoms with Crippen molar-refractivity contribution in [2.75, 3.05) is 0 Å². The molecule has 23 heavy (non-hydrogen) atoms. The zero-order valence-corrected chi connectivity index (χ0v) is 13.3. The molecule has 0 bridgehead atoms. The SMILES string of the molecule is Cc1noc(C)c1C(=O)OCc1ncc(-c2ccc(Cl)cc2)o1. The first-order valence-electron chi connectivity index (χ1n) is 6.85. The van der Waals surface area contributed by atoms with E-state index in [9.17, 15) is 4.79 Å². The number of halogens is 1. The first-order chi connectivity index (χ1) is 11.0. The quantitative estimate of drug-likeness (QED) is 0.673. The van der Waals surface area contributed by atoms with Crippen molar-refractivity contribution in [1.29, 1.82) is 0 Å². The van der Waals surface area contributed by atoms with Crippen LogP contribution in [0.4, 0.5) is 0 Å². The fraction of sp³-hybridized carbons (Fsp3) is 0.188. The summed E-state index contributed by atoms with van der Waals surface area (Å²) in [6, 6.07) is 7.16. The van der Waals surface area contributed by atoms with E-state index in [0.29, 0.717) is 33.7 Å². The highest BCUT2D eigenvalue weighted by molar-refractivity contribution is 6.30. The van der Waals surface area contributed by atoms with Crippen molar-refractivity contribution >= 4 is 17.6 Å². The molecule has 0 fully saturated rings. The van der Waals surface area contributed by atoms with Crippen molar-refractivity contribution < 1.29 is 18.5 Å². The Hall–Kier alpha value is -2.60. The number of rotatable bonds is 4. The number of hydrogen-bond donors (Lipinski definition) is 0. The van der Waals surface area contributed by atoms with Crippen LogP contribution in [0.1, 0.15) is 27.7 Å². The summed E-state index contributed by atoms with van der Waals surface area (Å²) >= 11 is 5.85. The number of esters is 1. The molecular formula is C16H13ClN2O4. The van der Waals surface area contributed by atoms with Gasteiger partial charge < -0.3 is 13.7 Å². The van der Waals surface area contributed by atoms with E-state index in [1.807, 2.05) is 12.1 Å². The molecule has 7 heteroatoms. The van der Waals surface area contributed by atoms with Crippen molar-refractivity contribution in [2.45, 2.75) is 20.5 Å². The molecule has 2 heterocycles. The Morgan fingerprint density at radius 3 is 2.65 bits per heavy atom. The Morgan fingerprint density at radius 1 is 1.26 bits per heavy atom. The van der Waals surface area contributed by atoms with Gasteiger partial charge in [0.1, 0.15) is 11.3 Å². The van der Waals surface area contributed by atoms with Crippen molar-refractivity contribution in [2.24, 2.45) is 0 Å². The predicted octanol–water partition coefficient (Wildman–Crippen LogP) is 3.96. The van der Waals surface area contributed by atoms with Crippen LogP contribution in [0.3, 0.4) is 0 Å². The lowest BCUT2D eigenvalue weighted by molar-refractivity contribution is 0.0436. The van der Waals surface area contributed by atoms with E-state index in [4.69, 9.17) is 25.3 Å². The Kier molecular flexibility index (Phi) is 4.16. The van der Waals surface area contributed by atoms with Gasteiger partial charge in [0.05, 0.1) is 11.9 Å². The Balaban J connectivity index is 1.68. The van der Waals surface area contributed by atoms with Gasteiger partial charge in [-0.25, -0.2) is 9.78 Å². The molecule has 0 spiro atoms. The van der Waals surface area contributed by atoms with Crippen LogP contribution in [0, 0.1) is 13.8 Å². The van der Waals surface area contributed by atoms with Gasteiger partial charge in [0.25, 0.3) is 0 Å². The standard InChI is InChI=1S/C16H13ClN2O4/c1-9-15(10(2)23-19-9)16(20)21-8-14-18-7-13(22-14)11-3-5-12(17)6-4-11/h3-7H,8H2,1-2H3. The second-order valence-corrected chi connectivity index (χ2v) is 5.34. The van der Waals surface area contributed by atoms with Gasteiger partial charge in [0.2, 0.25) is 5.89 Å². The van der Waals surface area contributed by atoms with Crippen molar-refractivity contribution in [1.82, 2.24) is 10.1 Å². The largest absolute Gasteiger partial charge is 0.452 e. The van der Waals surface area contributed by atoms with Crippen LogP contribution in [0.15, 0.2) is 39.4 Å². The molecular weight excluding hydrogens is 320 g/mol. The molecule has 0 radical (unpaired) electrons. The van der Waals surface area contributed by atoms with Crippen molar-refractivity contribution in [3.8, 4) is 11.3 Å². The van der Waals surface area contributed by atoms with Crippen LogP contribution in [-0.4, -0.2) is 16.1 Å². The first kappa shape index (κ1) is 15.3. The molecule has 0 aliphatic carbocycles. The number of aromatic nitrogens is 2. The Bertz CT molecular complexity index is 817. The van der Waals surface area contributed by atoms with E-state index in [0.717, 1.165) is 5.56 Å². The fourth-order valence-corrected chi connectivity index (χ4v) is 2.22. The number of carbonyl (C=O) groups is 1. The summed E-state index contributed by atoms with van der Waals surface area (Å²) in [7, 11) is 0. The molecule has 0 unspecified atom stereocenters. The highest BCUT2D eigenvalue weighted by Crippen LogP contribution is 2.23. The summed E-state index contributed by atoms with van der Waals surface area (Å²) in [5.41, 5.74) is 1.65. The zero-order chi connectivity index (χ0) is 16.4. The van der Waals surface area contributed by atoms with Gasteiger partial charge in [-0.3, -0.25) is 0 Å². The first-order valence-corrected chi connectivity index (χ1v) is 7.23. The van der Waals surface area contributed by atoms with E-state index >= 15 is 0 Å². The van der Waals surface area contributed by atoms with Crippen LogP contribution >= 0.6 is 11.6 Å². The third-order valence-corrected chi connectivity index (χ3v) is 3.50. The summed E-state index contributed by atoms with van der Waals surface area (Å²) in [6.07, 6.45) is 1.57.